The topological polar surface area (TPSA) is 125 Å². The molecule has 0 unspecified atom stereocenters. The second-order valence-corrected chi connectivity index (χ2v) is 13.4. The van der Waals surface area contributed by atoms with Crippen molar-refractivity contribution in [2.24, 2.45) is 11.8 Å². The number of benzene rings is 2. The Bertz CT molecular complexity index is 1550. The Morgan fingerprint density at radius 2 is 1.70 bits per heavy atom. The lowest BCUT2D eigenvalue weighted by molar-refractivity contribution is -0.162. The number of aliphatic hydroxyl groups is 1. The second-order valence-electron chi connectivity index (χ2n) is 12.4. The Kier molecular flexibility index (Phi) is 9.18. The lowest BCUT2D eigenvalue weighted by Crippen LogP contribution is -2.57. The van der Waals surface area contributed by atoms with E-state index in [1.165, 1.54) is 4.90 Å². The number of hydrogen-bond acceptors (Lipinski definition) is 7. The highest BCUT2D eigenvalue weighted by molar-refractivity contribution is 9.11. The maximum Gasteiger partial charge on any atom is 0.313 e. The van der Waals surface area contributed by atoms with Gasteiger partial charge in [-0.2, -0.15) is 0 Å². The van der Waals surface area contributed by atoms with Crippen LogP contribution in [0, 0.1) is 11.8 Å². The number of ether oxygens (including phenoxy) is 2. The summed E-state index contributed by atoms with van der Waals surface area (Å²) in [7, 11) is 0. The van der Waals surface area contributed by atoms with E-state index in [2.05, 4.69) is 21.2 Å². The number of nitrogens with zero attached hydrogens (tertiary/aromatic N) is 2. The standard InChI is InChI=1S/C35H38BrN3O7/c1-21(20-40)39-31-33(43)38(19-23-12-6-3-7-13-23)17-11-5-10-16-26(41)37-22(2)29(24-14-8-4-9-15-24)45-34(44)27-28(32(39)42)35(31)18-25(36)30(27)46-35/h3-9,11-15,18,21-22,27-31,40H,10,16-17,19-20H2,1-2H3,(H,37,41)/b11-5-/t21-,22-,27+,28-,29+,30+,31+,35-/m1/s1. The van der Waals surface area contributed by atoms with Gasteiger partial charge in [0.1, 0.15) is 29.8 Å². The van der Waals surface area contributed by atoms with Crippen LogP contribution in [0.2, 0.25) is 0 Å². The van der Waals surface area contributed by atoms with Crippen molar-refractivity contribution in [1.82, 2.24) is 15.1 Å². The monoisotopic (exact) mass is 691 g/mol. The zero-order valence-electron chi connectivity index (χ0n) is 25.8. The van der Waals surface area contributed by atoms with E-state index in [0.29, 0.717) is 16.5 Å². The van der Waals surface area contributed by atoms with Crippen molar-refractivity contribution in [2.45, 2.75) is 69.2 Å². The lowest BCUT2D eigenvalue weighted by atomic mass is 9.74. The van der Waals surface area contributed by atoms with Crippen LogP contribution in [-0.2, 0) is 35.2 Å². The number of esters is 1. The number of carbonyl (C=O) groups is 4. The number of likely N-dealkylation sites (tertiary alicyclic amines) is 1. The number of carbonyl (C=O) groups excluding carboxylic acids is 4. The summed E-state index contributed by atoms with van der Waals surface area (Å²) in [5, 5.41) is 13.2. The van der Waals surface area contributed by atoms with Crippen molar-refractivity contribution in [3.8, 4) is 0 Å². The fraction of sp³-hybridized carbons (Fsp3) is 0.429. The van der Waals surface area contributed by atoms with E-state index in [1.807, 2.05) is 72.8 Å². The molecule has 0 saturated carbocycles. The number of nitrogens with one attached hydrogen (secondary N) is 1. The quantitative estimate of drug-likeness (QED) is 0.364. The van der Waals surface area contributed by atoms with Gasteiger partial charge in [0.2, 0.25) is 17.7 Å². The molecule has 0 aliphatic carbocycles. The number of rotatable bonds is 5. The molecule has 2 fully saturated rings. The van der Waals surface area contributed by atoms with Crippen molar-refractivity contribution in [3.63, 3.8) is 0 Å². The van der Waals surface area contributed by atoms with E-state index in [4.69, 9.17) is 9.47 Å². The summed E-state index contributed by atoms with van der Waals surface area (Å²) in [5.41, 5.74) is 0.123. The molecule has 4 aliphatic rings. The molecule has 5 bridgehead atoms. The zero-order valence-corrected chi connectivity index (χ0v) is 27.3. The van der Waals surface area contributed by atoms with E-state index in [1.54, 1.807) is 24.8 Å². The predicted octanol–water partition coefficient (Wildman–Crippen LogP) is 3.41. The zero-order chi connectivity index (χ0) is 32.6. The molecule has 2 aromatic rings. The van der Waals surface area contributed by atoms with Crippen molar-refractivity contribution in [1.29, 1.82) is 0 Å². The van der Waals surface area contributed by atoms with Gasteiger partial charge in [-0.1, -0.05) is 88.7 Å². The van der Waals surface area contributed by atoms with E-state index >= 15 is 0 Å². The van der Waals surface area contributed by atoms with Gasteiger partial charge in [0.15, 0.2) is 0 Å². The van der Waals surface area contributed by atoms with E-state index in [0.717, 1.165) is 5.56 Å². The molecule has 4 heterocycles. The number of allylic oxidation sites excluding steroid dienone is 1. The largest absolute Gasteiger partial charge is 0.455 e. The Morgan fingerprint density at radius 1 is 1.00 bits per heavy atom. The molecule has 2 saturated heterocycles. The first-order valence-corrected chi connectivity index (χ1v) is 16.5. The van der Waals surface area contributed by atoms with Crippen LogP contribution in [0.15, 0.2) is 83.4 Å². The van der Waals surface area contributed by atoms with E-state index in [-0.39, 0.29) is 37.9 Å². The van der Waals surface area contributed by atoms with Crippen LogP contribution in [0.25, 0.3) is 0 Å². The number of aliphatic hydroxyl groups excluding tert-OH is 1. The minimum atomic E-state index is -1.46. The first-order valence-electron chi connectivity index (χ1n) is 15.7. The predicted molar refractivity (Wildman–Crippen MR) is 172 cm³/mol. The maximum absolute atomic E-state index is 14.7. The van der Waals surface area contributed by atoms with Gasteiger partial charge in [-0.3, -0.25) is 19.2 Å². The van der Waals surface area contributed by atoms with Crippen molar-refractivity contribution < 1.29 is 33.8 Å². The summed E-state index contributed by atoms with van der Waals surface area (Å²) >= 11 is 3.58. The van der Waals surface area contributed by atoms with E-state index in [9.17, 15) is 24.3 Å². The molecule has 242 valence electrons. The lowest BCUT2D eigenvalue weighted by Gasteiger charge is -2.37. The third-order valence-corrected chi connectivity index (χ3v) is 10.1. The first-order chi connectivity index (χ1) is 22.2. The van der Waals surface area contributed by atoms with Crippen LogP contribution in [0.3, 0.4) is 0 Å². The number of hydrogen-bond donors (Lipinski definition) is 2. The second kappa shape index (κ2) is 13.1. The van der Waals surface area contributed by atoms with Crippen LogP contribution in [-0.4, -0.2) is 81.6 Å². The van der Waals surface area contributed by atoms with Crippen LogP contribution >= 0.6 is 15.9 Å². The fourth-order valence-corrected chi connectivity index (χ4v) is 7.95. The molecule has 11 heteroatoms. The highest BCUT2D eigenvalue weighted by Crippen LogP contribution is 2.59. The smallest absolute Gasteiger partial charge is 0.313 e. The molecule has 2 aromatic carbocycles. The number of halogens is 1. The molecule has 46 heavy (non-hydrogen) atoms. The molecule has 0 aromatic heterocycles. The summed E-state index contributed by atoms with van der Waals surface area (Å²) < 4.78 is 13.3. The summed E-state index contributed by atoms with van der Waals surface area (Å²) in [6.07, 6.45) is 4.42. The average molecular weight is 693 g/mol. The Balaban J connectivity index is 1.45. The van der Waals surface area contributed by atoms with Crippen LogP contribution < -0.4 is 5.32 Å². The number of fused-ring (bicyclic) bond motifs is 2. The van der Waals surface area contributed by atoms with Crippen LogP contribution in [0.4, 0.5) is 0 Å². The normalized spacial score (nSPS) is 32.9. The summed E-state index contributed by atoms with van der Waals surface area (Å²) in [6, 6.07) is 16.2. The molecule has 1 spiro atoms. The van der Waals surface area contributed by atoms with Crippen LogP contribution in [0.1, 0.15) is 43.9 Å². The van der Waals surface area contributed by atoms with E-state index < -0.39 is 59.6 Å². The average Bonchev–Trinajstić information content (AvgIpc) is 3.65. The van der Waals surface area contributed by atoms with Gasteiger partial charge in [-0.05, 0) is 37.5 Å². The third kappa shape index (κ3) is 5.69. The molecular formula is C35H38BrN3O7. The molecular weight excluding hydrogens is 654 g/mol. The summed E-state index contributed by atoms with van der Waals surface area (Å²) in [5.74, 6) is -3.80. The molecule has 10 nitrogen and oxygen atoms in total. The highest BCUT2D eigenvalue weighted by atomic mass is 79.9. The summed E-state index contributed by atoms with van der Waals surface area (Å²) in [6.45, 7) is 3.55. The van der Waals surface area contributed by atoms with Crippen LogP contribution in [0.5, 0.6) is 0 Å². The van der Waals surface area contributed by atoms with Gasteiger partial charge < -0.3 is 29.7 Å². The van der Waals surface area contributed by atoms with Gasteiger partial charge in [-0.25, -0.2) is 0 Å². The fourth-order valence-electron chi connectivity index (χ4n) is 7.22. The third-order valence-electron chi connectivity index (χ3n) is 9.38. The minimum absolute atomic E-state index is 0.202. The first kappa shape index (κ1) is 32.2. The molecule has 6 rings (SSSR count). The summed E-state index contributed by atoms with van der Waals surface area (Å²) in [4.78, 5) is 59.4. The highest BCUT2D eigenvalue weighted by Gasteiger charge is 2.75. The van der Waals surface area contributed by atoms with Crippen molar-refractivity contribution in [3.05, 3.63) is 94.5 Å². The number of amides is 3. The molecule has 4 aliphatic heterocycles. The minimum Gasteiger partial charge on any atom is -0.455 e. The van der Waals surface area contributed by atoms with Gasteiger partial charge in [0.05, 0.1) is 24.6 Å². The van der Waals surface area contributed by atoms with Crippen molar-refractivity contribution in [2.75, 3.05) is 13.2 Å². The van der Waals surface area contributed by atoms with Crippen molar-refractivity contribution >= 4 is 39.6 Å². The Hall–Kier alpha value is -3.80. The molecule has 3 amide bonds. The number of cyclic esters (lactones) is 1. The van der Waals surface area contributed by atoms with Gasteiger partial charge >= 0.3 is 5.97 Å². The Morgan fingerprint density at radius 3 is 2.39 bits per heavy atom. The van der Waals surface area contributed by atoms with Gasteiger partial charge in [-0.15, -0.1) is 0 Å². The molecule has 8 atom stereocenters. The molecule has 0 radical (unpaired) electrons. The van der Waals surface area contributed by atoms with Gasteiger partial charge in [0, 0.05) is 24.0 Å². The Labute approximate surface area is 276 Å². The SMILES string of the molecule is C[C@H](CO)N1C(=O)[C@H]2[C@@H]3C(=O)O[C@H](c4ccccc4)[C@@H](C)NC(=O)CC/C=C\CN(Cc4ccccc4)C(=O)[C@H]1[C@@]21C=C(Br)[C@@H]3O1. The van der Waals surface area contributed by atoms with Gasteiger partial charge in [0.25, 0.3) is 0 Å². The molecule has 2 N–H and O–H groups in total. The maximum atomic E-state index is 14.7.